The van der Waals surface area contributed by atoms with Gasteiger partial charge < -0.3 is 4.74 Å². The van der Waals surface area contributed by atoms with E-state index < -0.39 is 36.2 Å². The van der Waals surface area contributed by atoms with E-state index in [-0.39, 0.29) is 72.1 Å². The van der Waals surface area contributed by atoms with Gasteiger partial charge >= 0.3 is 5.97 Å². The lowest BCUT2D eigenvalue weighted by molar-refractivity contribution is -0.159. The van der Waals surface area contributed by atoms with Crippen LogP contribution in [0.25, 0.3) is 0 Å². The van der Waals surface area contributed by atoms with Crippen molar-refractivity contribution in [1.29, 1.82) is 0 Å². The number of carbonyl (C=O) groups excluding carboxylic acids is 6. The Morgan fingerprint density at radius 1 is 0.762 bits per heavy atom. The van der Waals surface area contributed by atoms with Crippen molar-refractivity contribution >= 4 is 51.3 Å². The molecule has 2 saturated heterocycles. The molecule has 7 rings (SSSR count). The molecule has 218 valence electrons. The molecule has 10 heteroatoms. The highest BCUT2D eigenvalue weighted by atomic mass is 79.9. The minimum Gasteiger partial charge on any atom is -0.456 e. The summed E-state index contributed by atoms with van der Waals surface area (Å²) < 4.78 is 6.22. The first kappa shape index (κ1) is 27.4. The van der Waals surface area contributed by atoms with Gasteiger partial charge in [0.25, 0.3) is 0 Å². The van der Waals surface area contributed by atoms with Gasteiger partial charge in [-0.15, -0.1) is 0 Å². The normalized spacial score (nSPS) is 34.1. The number of hydrogen-bond donors (Lipinski definition) is 0. The van der Waals surface area contributed by atoms with Crippen LogP contribution in [0.15, 0.2) is 53.0 Å². The Morgan fingerprint density at radius 3 is 1.79 bits per heavy atom. The Balaban J connectivity index is 1.02. The molecule has 0 aromatic heterocycles. The highest BCUT2D eigenvalue weighted by Gasteiger charge is 2.61. The summed E-state index contributed by atoms with van der Waals surface area (Å²) in [6, 6.07) is 5.49. The Labute approximate surface area is 251 Å². The van der Waals surface area contributed by atoms with Crippen LogP contribution in [0.2, 0.25) is 0 Å². The number of nitrogens with zero attached hydrogens (tertiary/aromatic N) is 2. The van der Waals surface area contributed by atoms with E-state index in [9.17, 15) is 28.8 Å². The predicted molar refractivity (Wildman–Crippen MR) is 151 cm³/mol. The molecule has 4 fully saturated rings. The fourth-order valence-corrected chi connectivity index (χ4v) is 8.59. The Bertz CT molecular complexity index is 1390. The topological polar surface area (TPSA) is 118 Å². The summed E-state index contributed by atoms with van der Waals surface area (Å²) >= 11 is 3.32. The number of unbranched alkanes of at least 4 members (excludes halogenated alkanes) is 1. The highest BCUT2D eigenvalue weighted by molar-refractivity contribution is 9.10. The van der Waals surface area contributed by atoms with Crippen molar-refractivity contribution < 1.29 is 33.5 Å². The molecule has 0 spiro atoms. The molecular weight excluding hydrogens is 604 g/mol. The van der Waals surface area contributed by atoms with Gasteiger partial charge in [-0.1, -0.05) is 52.4 Å². The monoisotopic (exact) mass is 634 g/mol. The minimum atomic E-state index is -1.17. The second-order valence-electron chi connectivity index (χ2n) is 12.4. The zero-order chi connectivity index (χ0) is 29.3. The van der Waals surface area contributed by atoms with Crippen LogP contribution in [-0.2, 0) is 28.7 Å². The minimum absolute atomic E-state index is 0.00599. The third-order valence-electron chi connectivity index (χ3n) is 10.3. The number of ether oxygens (including phenoxy) is 1. The third-order valence-corrected chi connectivity index (χ3v) is 10.8. The van der Waals surface area contributed by atoms with Crippen LogP contribution in [0.4, 0.5) is 0 Å². The molecule has 1 aromatic carbocycles. The van der Waals surface area contributed by atoms with Gasteiger partial charge in [-0.2, -0.15) is 0 Å². The lowest BCUT2D eigenvalue weighted by atomic mass is 9.85. The molecule has 2 heterocycles. The van der Waals surface area contributed by atoms with Crippen LogP contribution in [0.5, 0.6) is 0 Å². The number of esters is 1. The van der Waals surface area contributed by atoms with E-state index in [1.807, 2.05) is 12.2 Å². The SMILES string of the molecule is O=C(COC(=O)[C@H](CCCCN1C(=O)[C@H]2[C@H](C1=O)[C@H]1C=C[C@H]2C1)N1C(=O)[C@@H]2[C@H](C1=O)[C@H]1C=C[C@H]2C1)c1ccc(Br)cc1. The number of imide groups is 2. The molecule has 0 radical (unpaired) electrons. The number of allylic oxidation sites excluding steroid dienone is 4. The quantitative estimate of drug-likeness (QED) is 0.127. The van der Waals surface area contributed by atoms with Crippen molar-refractivity contribution in [3.63, 3.8) is 0 Å². The molecule has 0 N–H and O–H groups in total. The van der Waals surface area contributed by atoms with E-state index in [4.69, 9.17) is 4.74 Å². The molecule has 0 unspecified atom stereocenters. The maximum absolute atomic E-state index is 13.5. The van der Waals surface area contributed by atoms with Crippen molar-refractivity contribution in [3.05, 3.63) is 58.6 Å². The number of hydrogen-bond acceptors (Lipinski definition) is 7. The number of likely N-dealkylation sites (tertiary alicyclic amines) is 2. The molecule has 2 saturated carbocycles. The molecule has 4 amide bonds. The molecule has 4 aliphatic carbocycles. The van der Waals surface area contributed by atoms with Gasteiger partial charge in [0, 0.05) is 16.6 Å². The molecular formula is C32H31BrN2O7. The number of ketones is 1. The van der Waals surface area contributed by atoms with Crippen LogP contribution in [0.3, 0.4) is 0 Å². The maximum atomic E-state index is 13.5. The van der Waals surface area contributed by atoms with Crippen LogP contribution in [0, 0.1) is 47.3 Å². The molecule has 42 heavy (non-hydrogen) atoms. The molecule has 4 bridgehead atoms. The molecule has 9 nitrogen and oxygen atoms in total. The highest BCUT2D eigenvalue weighted by Crippen LogP contribution is 2.54. The average molecular weight is 636 g/mol. The number of rotatable bonds is 10. The summed E-state index contributed by atoms with van der Waals surface area (Å²) in [7, 11) is 0. The fourth-order valence-electron chi connectivity index (χ4n) is 8.33. The van der Waals surface area contributed by atoms with E-state index in [1.165, 1.54) is 4.90 Å². The van der Waals surface area contributed by atoms with Crippen molar-refractivity contribution in [2.75, 3.05) is 13.2 Å². The summed E-state index contributed by atoms with van der Waals surface area (Å²) in [4.78, 5) is 81.6. The standard InChI is InChI=1S/C32H31BrN2O7/c33-21-10-8-16(9-11-21)23(36)15-42-32(41)22(35-30(39)26-19-6-7-20(14-19)27(26)31(35)40)3-1-2-12-34-28(37)24-17-4-5-18(13-17)25(24)29(34)38/h4-11,17-20,22,24-27H,1-3,12-15H2/t17-,18-,19-,20-,22-,24+,25+,26-,27+/m0/s1. The summed E-state index contributed by atoms with van der Waals surface area (Å²) in [6.45, 7) is -0.280. The van der Waals surface area contributed by atoms with E-state index in [2.05, 4.69) is 28.1 Å². The first-order valence-corrected chi connectivity index (χ1v) is 15.6. The van der Waals surface area contributed by atoms with Gasteiger partial charge in [0.15, 0.2) is 12.4 Å². The van der Waals surface area contributed by atoms with Gasteiger partial charge in [0.2, 0.25) is 23.6 Å². The number of carbonyl (C=O) groups is 6. The average Bonchev–Trinajstić information content (AvgIpc) is 3.83. The lowest BCUT2D eigenvalue weighted by Gasteiger charge is -2.26. The van der Waals surface area contributed by atoms with E-state index >= 15 is 0 Å². The third kappa shape index (κ3) is 4.24. The second-order valence-corrected chi connectivity index (χ2v) is 13.3. The summed E-state index contributed by atoms with van der Waals surface area (Å²) in [6.07, 6.45) is 10.7. The van der Waals surface area contributed by atoms with Gasteiger partial charge in [-0.3, -0.25) is 33.8 Å². The van der Waals surface area contributed by atoms with Crippen molar-refractivity contribution in [3.8, 4) is 0 Å². The number of amides is 4. The first-order valence-electron chi connectivity index (χ1n) is 14.8. The molecule has 9 atom stereocenters. The summed E-state index contributed by atoms with van der Waals surface area (Å²) in [5.74, 6) is -3.34. The number of halogens is 1. The van der Waals surface area contributed by atoms with Crippen LogP contribution in [0.1, 0.15) is 42.5 Å². The van der Waals surface area contributed by atoms with Gasteiger partial charge in [0.05, 0.1) is 23.7 Å². The maximum Gasteiger partial charge on any atom is 0.329 e. The molecule has 6 aliphatic rings. The molecule has 2 aliphatic heterocycles. The second kappa shape index (κ2) is 10.4. The molecule has 1 aromatic rings. The zero-order valence-corrected chi connectivity index (χ0v) is 24.5. The summed E-state index contributed by atoms with van der Waals surface area (Å²) in [5, 5.41) is 0. The first-order chi connectivity index (χ1) is 20.2. The van der Waals surface area contributed by atoms with E-state index in [0.29, 0.717) is 18.4 Å². The van der Waals surface area contributed by atoms with Crippen LogP contribution >= 0.6 is 15.9 Å². The van der Waals surface area contributed by atoms with Crippen molar-refractivity contribution in [2.24, 2.45) is 47.3 Å². The van der Waals surface area contributed by atoms with Gasteiger partial charge in [-0.25, -0.2) is 4.79 Å². The summed E-state index contributed by atoms with van der Waals surface area (Å²) in [5.41, 5.74) is 0.376. The van der Waals surface area contributed by atoms with Gasteiger partial charge in [0.1, 0.15) is 6.04 Å². The largest absolute Gasteiger partial charge is 0.456 e. The number of Topliss-reactive ketones (excluding diaryl/α,β-unsaturated/α-hetero) is 1. The Hall–Kier alpha value is -3.40. The fraction of sp³-hybridized carbons (Fsp3) is 0.500. The van der Waals surface area contributed by atoms with Crippen molar-refractivity contribution in [1.82, 2.24) is 9.80 Å². The number of benzene rings is 1. The lowest BCUT2D eigenvalue weighted by Crippen LogP contribution is -2.47. The Kier molecular flexibility index (Phi) is 6.79. The van der Waals surface area contributed by atoms with Gasteiger partial charge in [-0.05, 0) is 67.9 Å². The van der Waals surface area contributed by atoms with Crippen LogP contribution < -0.4 is 0 Å². The van der Waals surface area contributed by atoms with E-state index in [0.717, 1.165) is 22.2 Å². The zero-order valence-electron chi connectivity index (χ0n) is 22.9. The van der Waals surface area contributed by atoms with E-state index in [1.54, 1.807) is 24.3 Å². The smallest absolute Gasteiger partial charge is 0.329 e. The predicted octanol–water partition coefficient (Wildman–Crippen LogP) is 3.33. The van der Waals surface area contributed by atoms with Crippen molar-refractivity contribution in [2.45, 2.75) is 38.1 Å². The van der Waals surface area contributed by atoms with Crippen LogP contribution in [-0.4, -0.2) is 64.4 Å². The Morgan fingerprint density at radius 2 is 1.26 bits per heavy atom. The number of fused-ring (bicyclic) bond motifs is 10.